The van der Waals surface area contributed by atoms with Crippen LogP contribution in [0.2, 0.25) is 0 Å². The molecule has 2 aromatic heterocycles. The molecule has 1 atom stereocenters. The summed E-state index contributed by atoms with van der Waals surface area (Å²) in [4.78, 5) is 9.97. The zero-order valence-electron chi connectivity index (χ0n) is 11.2. The number of hydrogen-bond acceptors (Lipinski definition) is 4. The number of rotatable bonds is 6. The molecule has 0 amide bonds. The summed E-state index contributed by atoms with van der Waals surface area (Å²) in [5, 5.41) is 4.55. The van der Waals surface area contributed by atoms with E-state index >= 15 is 0 Å². The lowest BCUT2D eigenvalue weighted by Crippen LogP contribution is -2.18. The van der Waals surface area contributed by atoms with E-state index in [2.05, 4.69) is 40.6 Å². The van der Waals surface area contributed by atoms with Gasteiger partial charge in [-0.15, -0.1) is 11.3 Å². The summed E-state index contributed by atoms with van der Waals surface area (Å²) in [5.41, 5.74) is 1.21. The Morgan fingerprint density at radius 3 is 2.94 bits per heavy atom. The lowest BCUT2D eigenvalue weighted by molar-refractivity contribution is 0.572. The van der Waals surface area contributed by atoms with Crippen LogP contribution in [0.3, 0.4) is 0 Å². The van der Waals surface area contributed by atoms with Crippen molar-refractivity contribution in [1.29, 1.82) is 0 Å². The smallest absolute Gasteiger partial charge is 0.115 e. The maximum absolute atomic E-state index is 4.46. The lowest BCUT2D eigenvalue weighted by Gasteiger charge is -2.14. The fraction of sp³-hybridized carbons (Fsp3) is 0.538. The number of nitrogens with zero attached hydrogens (tertiary/aromatic N) is 3. The van der Waals surface area contributed by atoms with Gasteiger partial charge in [0.1, 0.15) is 5.01 Å². The van der Waals surface area contributed by atoms with Crippen LogP contribution in [0.1, 0.15) is 41.9 Å². The minimum Gasteiger partial charge on any atom is -0.324 e. The molecule has 0 aromatic carbocycles. The van der Waals surface area contributed by atoms with E-state index in [1.165, 1.54) is 10.6 Å². The topological polar surface area (TPSA) is 42.7 Å². The van der Waals surface area contributed by atoms with Gasteiger partial charge in [-0.25, -0.2) is 9.97 Å². The Kier molecular flexibility index (Phi) is 4.49. The van der Waals surface area contributed by atoms with Gasteiger partial charge in [-0.05, 0) is 26.8 Å². The van der Waals surface area contributed by atoms with Crippen LogP contribution in [0, 0.1) is 6.92 Å². The van der Waals surface area contributed by atoms with Crippen molar-refractivity contribution in [1.82, 2.24) is 19.9 Å². The highest BCUT2D eigenvalue weighted by Gasteiger charge is 2.14. The van der Waals surface area contributed by atoms with Crippen molar-refractivity contribution in [3.63, 3.8) is 0 Å². The molecule has 0 bridgehead atoms. The van der Waals surface area contributed by atoms with Crippen molar-refractivity contribution in [2.75, 3.05) is 6.54 Å². The third-order valence-electron chi connectivity index (χ3n) is 2.89. The number of nitrogens with one attached hydrogen (secondary N) is 1. The van der Waals surface area contributed by atoms with Crippen LogP contribution in [0.5, 0.6) is 0 Å². The summed E-state index contributed by atoms with van der Waals surface area (Å²) in [5.74, 6) is 0. The van der Waals surface area contributed by atoms with Gasteiger partial charge >= 0.3 is 0 Å². The van der Waals surface area contributed by atoms with E-state index < -0.39 is 0 Å². The zero-order chi connectivity index (χ0) is 13.0. The van der Waals surface area contributed by atoms with Crippen LogP contribution >= 0.6 is 11.3 Å². The summed E-state index contributed by atoms with van der Waals surface area (Å²) in [6.45, 7) is 8.33. The Balaban J connectivity index is 2.10. The minimum absolute atomic E-state index is 0.254. The predicted octanol–water partition coefficient (Wildman–Crippen LogP) is 2.76. The van der Waals surface area contributed by atoms with Crippen molar-refractivity contribution < 1.29 is 0 Å². The lowest BCUT2D eigenvalue weighted by atomic mass is 10.3. The quantitative estimate of drug-likeness (QED) is 0.816. The van der Waals surface area contributed by atoms with E-state index in [0.717, 1.165) is 24.5 Å². The van der Waals surface area contributed by atoms with Crippen LogP contribution in [-0.4, -0.2) is 21.1 Å². The number of imidazole rings is 1. The average Bonchev–Trinajstić information content (AvgIpc) is 2.97. The van der Waals surface area contributed by atoms with E-state index in [-0.39, 0.29) is 6.04 Å². The van der Waals surface area contributed by atoms with Gasteiger partial charge in [0.15, 0.2) is 0 Å². The van der Waals surface area contributed by atoms with Gasteiger partial charge in [0.05, 0.1) is 18.1 Å². The van der Waals surface area contributed by atoms with E-state index in [1.807, 2.05) is 18.7 Å². The molecule has 5 heteroatoms. The van der Waals surface area contributed by atoms with E-state index in [0.29, 0.717) is 0 Å². The molecule has 0 aliphatic carbocycles. The molecule has 0 aliphatic heterocycles. The second-order valence-corrected chi connectivity index (χ2v) is 5.72. The molecule has 1 N–H and O–H groups in total. The molecular weight excluding hydrogens is 244 g/mol. The number of hydrogen-bond donors (Lipinski definition) is 1. The van der Waals surface area contributed by atoms with Crippen LogP contribution < -0.4 is 5.32 Å². The van der Waals surface area contributed by atoms with Crippen LogP contribution in [0.4, 0.5) is 0 Å². The Labute approximate surface area is 112 Å². The van der Waals surface area contributed by atoms with Crippen molar-refractivity contribution in [2.24, 2.45) is 0 Å². The number of aryl methyl sites for hydroxylation is 1. The van der Waals surface area contributed by atoms with Crippen molar-refractivity contribution in [3.8, 4) is 0 Å². The van der Waals surface area contributed by atoms with E-state index in [9.17, 15) is 0 Å². The Morgan fingerprint density at radius 2 is 2.28 bits per heavy atom. The molecule has 0 fully saturated rings. The summed E-state index contributed by atoms with van der Waals surface area (Å²) in [6, 6.07) is 0.254. The molecule has 2 aromatic rings. The highest BCUT2D eigenvalue weighted by atomic mass is 32.1. The summed E-state index contributed by atoms with van der Waals surface area (Å²) < 4.78 is 2.20. The highest BCUT2D eigenvalue weighted by molar-refractivity contribution is 7.11. The second kappa shape index (κ2) is 6.11. The fourth-order valence-electron chi connectivity index (χ4n) is 1.90. The maximum atomic E-state index is 4.46. The molecule has 2 rings (SSSR count). The van der Waals surface area contributed by atoms with Gasteiger partial charge in [-0.3, -0.25) is 0 Å². The molecule has 1 unspecified atom stereocenters. The molecule has 0 saturated carbocycles. The number of thiazole rings is 1. The third kappa shape index (κ3) is 2.97. The van der Waals surface area contributed by atoms with Crippen LogP contribution in [0.25, 0.3) is 0 Å². The Hall–Kier alpha value is -1.20. The normalized spacial score (nSPS) is 12.8. The van der Waals surface area contributed by atoms with Crippen molar-refractivity contribution in [3.05, 3.63) is 34.3 Å². The Bertz CT molecular complexity index is 489. The van der Waals surface area contributed by atoms with Gasteiger partial charge in [-0.1, -0.05) is 6.92 Å². The third-order valence-corrected chi connectivity index (χ3v) is 3.98. The average molecular weight is 264 g/mol. The summed E-state index contributed by atoms with van der Waals surface area (Å²) in [7, 11) is 0. The molecule has 0 aliphatic rings. The highest BCUT2D eigenvalue weighted by Crippen LogP contribution is 2.23. The first-order valence-corrected chi connectivity index (χ1v) is 7.17. The van der Waals surface area contributed by atoms with Gasteiger partial charge in [0.2, 0.25) is 0 Å². The van der Waals surface area contributed by atoms with Gasteiger partial charge < -0.3 is 9.88 Å². The fourth-order valence-corrected chi connectivity index (χ4v) is 2.72. The van der Waals surface area contributed by atoms with Gasteiger partial charge in [0, 0.05) is 23.8 Å². The van der Waals surface area contributed by atoms with Crippen LogP contribution in [0.15, 0.2) is 18.7 Å². The summed E-state index contributed by atoms with van der Waals surface area (Å²) >= 11 is 1.75. The molecule has 4 nitrogen and oxygen atoms in total. The zero-order valence-corrected chi connectivity index (χ0v) is 12.0. The molecule has 0 radical (unpaired) electrons. The van der Waals surface area contributed by atoms with E-state index in [4.69, 9.17) is 0 Å². The second-order valence-electron chi connectivity index (χ2n) is 4.45. The van der Waals surface area contributed by atoms with Crippen molar-refractivity contribution >= 4 is 11.3 Å². The summed E-state index contributed by atoms with van der Waals surface area (Å²) in [6.07, 6.45) is 6.90. The monoisotopic (exact) mass is 264 g/mol. The predicted molar refractivity (Wildman–Crippen MR) is 74.9 cm³/mol. The molecule has 0 spiro atoms. The SMILES string of the molecule is CCCNCc1cncn1C(C)c1ncc(C)s1. The van der Waals surface area contributed by atoms with Crippen molar-refractivity contribution in [2.45, 2.75) is 39.8 Å². The first-order chi connectivity index (χ1) is 8.72. The first kappa shape index (κ1) is 13.2. The van der Waals surface area contributed by atoms with Crippen LogP contribution in [-0.2, 0) is 6.54 Å². The molecule has 2 heterocycles. The largest absolute Gasteiger partial charge is 0.324 e. The molecule has 0 saturated heterocycles. The standard InChI is InChI=1S/C13H20N4S/c1-4-5-14-7-12-8-15-9-17(12)11(3)13-16-6-10(2)18-13/h6,8-9,11,14H,4-5,7H2,1-3H3. The molecular formula is C13H20N4S. The maximum Gasteiger partial charge on any atom is 0.115 e. The minimum atomic E-state index is 0.254. The Morgan fingerprint density at radius 1 is 1.44 bits per heavy atom. The van der Waals surface area contributed by atoms with Gasteiger partial charge in [0.25, 0.3) is 0 Å². The number of aromatic nitrogens is 3. The first-order valence-electron chi connectivity index (χ1n) is 6.36. The van der Waals surface area contributed by atoms with Gasteiger partial charge in [-0.2, -0.15) is 0 Å². The van der Waals surface area contributed by atoms with E-state index in [1.54, 1.807) is 11.3 Å². The molecule has 18 heavy (non-hydrogen) atoms. The molecule has 98 valence electrons.